The van der Waals surface area contributed by atoms with E-state index in [-0.39, 0.29) is 11.5 Å². The molecule has 29 heavy (non-hydrogen) atoms. The first-order valence-electron chi connectivity index (χ1n) is 11.0. The summed E-state index contributed by atoms with van der Waals surface area (Å²) in [6, 6.07) is 6.77. The van der Waals surface area contributed by atoms with Crippen molar-refractivity contribution < 1.29 is 12.6 Å². The van der Waals surface area contributed by atoms with Gasteiger partial charge >= 0.3 is 0 Å². The predicted octanol–water partition coefficient (Wildman–Crippen LogP) is 7.29. The van der Waals surface area contributed by atoms with E-state index >= 15 is 0 Å². The van der Waals surface area contributed by atoms with Crippen molar-refractivity contribution in [3.8, 4) is 0 Å². The maximum atomic E-state index is 12.1. The maximum Gasteiger partial charge on any atom is 0.296 e. The van der Waals surface area contributed by atoms with Crippen LogP contribution in [0.2, 0.25) is 0 Å². The molecule has 0 aliphatic heterocycles. The molecule has 0 aliphatic carbocycles. The molecule has 0 unspecified atom stereocenters. The van der Waals surface area contributed by atoms with E-state index in [4.69, 9.17) is 4.18 Å². The van der Waals surface area contributed by atoms with Crippen LogP contribution in [0.15, 0.2) is 65.6 Å². The van der Waals surface area contributed by atoms with Crippen LogP contribution in [0, 0.1) is 6.92 Å². The van der Waals surface area contributed by atoms with Gasteiger partial charge in [-0.15, -0.1) is 0 Å². The van der Waals surface area contributed by atoms with Crippen LogP contribution in [0.5, 0.6) is 0 Å². The second kappa shape index (κ2) is 16.2. The second-order valence-electron chi connectivity index (χ2n) is 7.29. The third kappa shape index (κ3) is 13.2. The normalized spacial score (nSPS) is 12.6. The molecule has 4 heteroatoms. The van der Waals surface area contributed by atoms with E-state index in [0.717, 1.165) is 50.5 Å². The van der Waals surface area contributed by atoms with Gasteiger partial charge in [-0.2, -0.15) is 8.42 Å². The Balaban J connectivity index is 1.96. The van der Waals surface area contributed by atoms with E-state index in [9.17, 15) is 8.42 Å². The van der Waals surface area contributed by atoms with Crippen LogP contribution in [0.25, 0.3) is 0 Å². The molecule has 0 saturated heterocycles. The zero-order valence-electron chi connectivity index (χ0n) is 18.2. The van der Waals surface area contributed by atoms with Crippen molar-refractivity contribution in [2.45, 2.75) is 83.0 Å². The molecule has 1 rings (SSSR count). The molecule has 0 amide bonds. The molecule has 0 fully saturated rings. The van der Waals surface area contributed by atoms with Gasteiger partial charge in [-0.25, -0.2) is 0 Å². The summed E-state index contributed by atoms with van der Waals surface area (Å²) in [4.78, 5) is 0.236. The van der Waals surface area contributed by atoms with E-state index in [1.54, 1.807) is 24.3 Å². The third-order valence-corrected chi connectivity index (χ3v) is 5.92. The lowest BCUT2D eigenvalue weighted by Gasteiger charge is -2.06. The molecular formula is C25H38O3S. The van der Waals surface area contributed by atoms with Gasteiger partial charge in [0, 0.05) is 0 Å². The minimum Gasteiger partial charge on any atom is -0.266 e. The van der Waals surface area contributed by atoms with Crippen molar-refractivity contribution in [2.24, 2.45) is 0 Å². The molecule has 0 heterocycles. The lowest BCUT2D eigenvalue weighted by atomic mass is 10.1. The Morgan fingerprint density at radius 3 is 1.97 bits per heavy atom. The minimum absolute atomic E-state index is 0.236. The van der Waals surface area contributed by atoms with Crippen molar-refractivity contribution in [1.82, 2.24) is 0 Å². The minimum atomic E-state index is -3.61. The molecular weight excluding hydrogens is 380 g/mol. The first-order valence-corrected chi connectivity index (χ1v) is 12.4. The standard InChI is InChI=1S/C25H38O3S/c1-3-4-5-6-7-8-9-10-11-12-13-14-15-16-17-18-23-28-29(26,27)25-21-19-24(2)20-22-25/h4-5,7-8,10-11,19-22H,3,6,9,12-18,23H2,1-2H3/b5-4-,8-7-,11-10-. The maximum absolute atomic E-state index is 12.1. The summed E-state index contributed by atoms with van der Waals surface area (Å²) in [5.74, 6) is 0. The van der Waals surface area contributed by atoms with Crippen molar-refractivity contribution in [1.29, 1.82) is 0 Å². The molecule has 0 atom stereocenters. The van der Waals surface area contributed by atoms with Gasteiger partial charge in [-0.05, 0) is 57.6 Å². The fourth-order valence-corrected chi connectivity index (χ4v) is 3.78. The Kier molecular flexibility index (Phi) is 14.2. The van der Waals surface area contributed by atoms with E-state index in [1.165, 1.54) is 19.3 Å². The van der Waals surface area contributed by atoms with Crippen molar-refractivity contribution >= 4 is 10.1 Å². The average Bonchev–Trinajstić information content (AvgIpc) is 2.70. The molecule has 0 N–H and O–H groups in total. The highest BCUT2D eigenvalue weighted by Crippen LogP contribution is 2.14. The molecule has 0 aliphatic rings. The molecule has 0 aromatic heterocycles. The largest absolute Gasteiger partial charge is 0.296 e. The van der Waals surface area contributed by atoms with Crippen LogP contribution in [0.4, 0.5) is 0 Å². The van der Waals surface area contributed by atoms with Gasteiger partial charge in [0.15, 0.2) is 0 Å². The molecule has 0 radical (unpaired) electrons. The Labute approximate surface area is 178 Å². The van der Waals surface area contributed by atoms with Crippen LogP contribution >= 0.6 is 0 Å². The zero-order chi connectivity index (χ0) is 21.2. The molecule has 0 spiro atoms. The summed E-state index contributed by atoms with van der Waals surface area (Å²) in [7, 11) is -3.61. The van der Waals surface area contributed by atoms with Crippen molar-refractivity contribution in [2.75, 3.05) is 6.61 Å². The predicted molar refractivity (Wildman–Crippen MR) is 124 cm³/mol. The van der Waals surface area contributed by atoms with Gasteiger partial charge in [0.05, 0.1) is 11.5 Å². The van der Waals surface area contributed by atoms with Gasteiger partial charge in [0.25, 0.3) is 10.1 Å². The van der Waals surface area contributed by atoms with Gasteiger partial charge in [-0.1, -0.05) is 86.8 Å². The van der Waals surface area contributed by atoms with Crippen LogP contribution in [0.3, 0.4) is 0 Å². The summed E-state index contributed by atoms with van der Waals surface area (Å²) < 4.78 is 29.3. The Morgan fingerprint density at radius 2 is 1.31 bits per heavy atom. The zero-order valence-corrected chi connectivity index (χ0v) is 19.0. The Hall–Kier alpha value is -1.65. The monoisotopic (exact) mass is 418 g/mol. The third-order valence-electron chi connectivity index (χ3n) is 4.59. The highest BCUT2D eigenvalue weighted by atomic mass is 32.2. The van der Waals surface area contributed by atoms with Crippen molar-refractivity contribution in [3.63, 3.8) is 0 Å². The van der Waals surface area contributed by atoms with E-state index in [0.29, 0.717) is 0 Å². The molecule has 1 aromatic carbocycles. The number of unbranched alkanes of at least 4 members (excludes halogenated alkanes) is 6. The quantitative estimate of drug-likeness (QED) is 0.161. The molecule has 3 nitrogen and oxygen atoms in total. The number of aryl methyl sites for hydroxylation is 1. The summed E-state index contributed by atoms with van der Waals surface area (Å²) in [6.07, 6.45) is 24.2. The lowest BCUT2D eigenvalue weighted by Crippen LogP contribution is -2.07. The van der Waals surface area contributed by atoms with Crippen LogP contribution in [-0.4, -0.2) is 15.0 Å². The molecule has 0 bridgehead atoms. The smallest absolute Gasteiger partial charge is 0.266 e. The summed E-state index contributed by atoms with van der Waals surface area (Å²) in [5.41, 5.74) is 1.03. The number of benzene rings is 1. The highest BCUT2D eigenvalue weighted by molar-refractivity contribution is 7.86. The van der Waals surface area contributed by atoms with Gasteiger partial charge < -0.3 is 0 Å². The molecule has 1 aromatic rings. The van der Waals surface area contributed by atoms with Crippen LogP contribution < -0.4 is 0 Å². The topological polar surface area (TPSA) is 43.4 Å². The Bertz CT molecular complexity index is 713. The van der Waals surface area contributed by atoms with E-state index in [1.807, 2.05) is 6.92 Å². The highest BCUT2D eigenvalue weighted by Gasteiger charge is 2.14. The molecule has 0 saturated carbocycles. The second-order valence-corrected chi connectivity index (χ2v) is 8.91. The van der Waals surface area contributed by atoms with Gasteiger partial charge in [0.1, 0.15) is 0 Å². The number of hydrogen-bond acceptors (Lipinski definition) is 3. The lowest BCUT2D eigenvalue weighted by molar-refractivity contribution is 0.306. The average molecular weight is 419 g/mol. The van der Waals surface area contributed by atoms with Crippen molar-refractivity contribution in [3.05, 3.63) is 66.3 Å². The SMILES string of the molecule is CC/C=C\C/C=C\C/C=C\CCCCCCCCOS(=O)(=O)c1ccc(C)cc1. The van der Waals surface area contributed by atoms with Crippen LogP contribution in [0.1, 0.15) is 76.7 Å². The summed E-state index contributed by atoms with van der Waals surface area (Å²) in [6.45, 7) is 4.35. The summed E-state index contributed by atoms with van der Waals surface area (Å²) in [5, 5.41) is 0. The van der Waals surface area contributed by atoms with Gasteiger partial charge in [-0.3, -0.25) is 4.18 Å². The Morgan fingerprint density at radius 1 is 0.759 bits per heavy atom. The first kappa shape index (κ1) is 25.4. The fourth-order valence-electron chi connectivity index (χ4n) is 2.84. The number of allylic oxidation sites excluding steroid dienone is 6. The van der Waals surface area contributed by atoms with E-state index in [2.05, 4.69) is 43.4 Å². The molecule has 162 valence electrons. The fraction of sp³-hybridized carbons (Fsp3) is 0.520. The van der Waals surface area contributed by atoms with Crippen LogP contribution in [-0.2, 0) is 14.3 Å². The first-order chi connectivity index (χ1) is 14.1. The van der Waals surface area contributed by atoms with Gasteiger partial charge in [0.2, 0.25) is 0 Å². The number of rotatable bonds is 16. The number of hydrogen-bond donors (Lipinski definition) is 0. The van der Waals surface area contributed by atoms with E-state index < -0.39 is 10.1 Å². The summed E-state index contributed by atoms with van der Waals surface area (Å²) >= 11 is 0.